The van der Waals surface area contributed by atoms with E-state index in [1.54, 1.807) is 0 Å². The summed E-state index contributed by atoms with van der Waals surface area (Å²) < 4.78 is 4.74. The molecular weight excluding hydrogens is 322 g/mol. The molecule has 0 saturated heterocycles. The lowest BCUT2D eigenvalue weighted by Crippen LogP contribution is -2.36. The van der Waals surface area contributed by atoms with Gasteiger partial charge in [0.1, 0.15) is 0 Å². The fourth-order valence-corrected chi connectivity index (χ4v) is 3.42. The van der Waals surface area contributed by atoms with Crippen LogP contribution >= 0.6 is 11.6 Å². The average Bonchev–Trinajstić information content (AvgIpc) is 2.58. The normalized spacial score (nSPS) is 15.8. The van der Waals surface area contributed by atoms with E-state index in [1.807, 2.05) is 30.3 Å². The Morgan fingerprint density at radius 2 is 1.92 bits per heavy atom. The summed E-state index contributed by atoms with van der Waals surface area (Å²) in [6.07, 6.45) is 1.08. The molecule has 1 aliphatic heterocycles. The van der Waals surface area contributed by atoms with Gasteiger partial charge in [-0.1, -0.05) is 37.6 Å². The zero-order valence-electron chi connectivity index (χ0n) is 14.3. The fraction of sp³-hybridized carbons (Fsp3) is 0.350. The zero-order chi connectivity index (χ0) is 17.3. The molecule has 4 heteroatoms. The number of carbonyl (C=O) groups is 1. The Kier molecular flexibility index (Phi) is 4.55. The number of esters is 1. The van der Waals surface area contributed by atoms with E-state index in [0.717, 1.165) is 24.5 Å². The standard InChI is InChI=1S/C20H22ClNO2/c1-20(2)10-11-22(18-9-8-16(21)12-17(18)20)13-14-4-6-15(7-5-14)19(23)24-3/h4-9,12H,10-11,13H2,1-3H3. The molecule has 1 aliphatic rings. The van der Waals surface area contributed by atoms with Crippen LogP contribution in [0.15, 0.2) is 42.5 Å². The van der Waals surface area contributed by atoms with Crippen molar-refractivity contribution in [2.24, 2.45) is 0 Å². The van der Waals surface area contributed by atoms with Crippen molar-refractivity contribution in [1.29, 1.82) is 0 Å². The number of ether oxygens (including phenoxy) is 1. The first-order chi connectivity index (χ1) is 11.4. The van der Waals surface area contributed by atoms with E-state index in [0.29, 0.717) is 5.56 Å². The third kappa shape index (κ3) is 3.27. The molecule has 3 nitrogen and oxygen atoms in total. The smallest absolute Gasteiger partial charge is 0.337 e. The van der Waals surface area contributed by atoms with Crippen LogP contribution in [0.1, 0.15) is 41.8 Å². The number of methoxy groups -OCH3 is 1. The number of carbonyl (C=O) groups excluding carboxylic acids is 1. The van der Waals surface area contributed by atoms with E-state index >= 15 is 0 Å². The molecule has 0 N–H and O–H groups in total. The molecule has 0 amide bonds. The number of halogens is 1. The molecular formula is C20H22ClNO2. The predicted molar refractivity (Wildman–Crippen MR) is 97.9 cm³/mol. The molecule has 2 aromatic carbocycles. The van der Waals surface area contributed by atoms with Crippen LogP contribution in [0.4, 0.5) is 5.69 Å². The summed E-state index contributed by atoms with van der Waals surface area (Å²) in [6.45, 7) is 6.35. The van der Waals surface area contributed by atoms with E-state index < -0.39 is 0 Å². The summed E-state index contributed by atoms with van der Waals surface area (Å²) in [4.78, 5) is 13.9. The minimum Gasteiger partial charge on any atom is -0.465 e. The summed E-state index contributed by atoms with van der Waals surface area (Å²) >= 11 is 6.21. The maximum atomic E-state index is 11.5. The molecule has 0 radical (unpaired) electrons. The van der Waals surface area contributed by atoms with Gasteiger partial charge in [-0.2, -0.15) is 0 Å². The number of fused-ring (bicyclic) bond motifs is 1. The Morgan fingerprint density at radius 1 is 1.21 bits per heavy atom. The molecule has 0 bridgehead atoms. The minimum absolute atomic E-state index is 0.130. The molecule has 24 heavy (non-hydrogen) atoms. The number of benzene rings is 2. The van der Waals surface area contributed by atoms with Crippen molar-refractivity contribution < 1.29 is 9.53 Å². The van der Waals surface area contributed by atoms with Crippen LogP contribution in [0.3, 0.4) is 0 Å². The van der Waals surface area contributed by atoms with Crippen LogP contribution in [-0.2, 0) is 16.7 Å². The van der Waals surface area contributed by atoms with Crippen molar-refractivity contribution >= 4 is 23.3 Å². The van der Waals surface area contributed by atoms with Crippen molar-refractivity contribution in [2.75, 3.05) is 18.6 Å². The van der Waals surface area contributed by atoms with E-state index in [-0.39, 0.29) is 11.4 Å². The molecule has 0 aromatic heterocycles. The van der Waals surface area contributed by atoms with Gasteiger partial charge in [0.25, 0.3) is 0 Å². The molecule has 0 fully saturated rings. The quantitative estimate of drug-likeness (QED) is 0.749. The predicted octanol–water partition coefficient (Wildman–Crippen LogP) is 4.81. The molecule has 3 rings (SSSR count). The molecule has 0 spiro atoms. The Hall–Kier alpha value is -2.00. The van der Waals surface area contributed by atoms with Gasteiger partial charge in [-0.25, -0.2) is 4.79 Å². The van der Waals surface area contributed by atoms with Crippen LogP contribution in [0.2, 0.25) is 5.02 Å². The second-order valence-electron chi connectivity index (χ2n) is 6.91. The maximum absolute atomic E-state index is 11.5. The van der Waals surface area contributed by atoms with Crippen LogP contribution in [0.5, 0.6) is 0 Å². The molecule has 0 unspecified atom stereocenters. The topological polar surface area (TPSA) is 29.5 Å². The van der Waals surface area contributed by atoms with Crippen LogP contribution in [0, 0.1) is 0 Å². The zero-order valence-corrected chi connectivity index (χ0v) is 15.1. The second-order valence-corrected chi connectivity index (χ2v) is 7.34. The third-order valence-corrected chi connectivity index (χ3v) is 5.02. The highest BCUT2D eigenvalue weighted by Crippen LogP contribution is 2.41. The summed E-state index contributed by atoms with van der Waals surface area (Å²) in [5, 5.41) is 0.783. The van der Waals surface area contributed by atoms with Gasteiger partial charge in [-0.15, -0.1) is 0 Å². The summed E-state index contributed by atoms with van der Waals surface area (Å²) in [5.74, 6) is -0.304. The van der Waals surface area contributed by atoms with Gasteiger partial charge in [0, 0.05) is 23.8 Å². The SMILES string of the molecule is COC(=O)c1ccc(CN2CCC(C)(C)c3cc(Cl)ccc32)cc1. The lowest BCUT2D eigenvalue weighted by molar-refractivity contribution is 0.0600. The van der Waals surface area contributed by atoms with E-state index in [4.69, 9.17) is 16.3 Å². The first kappa shape index (κ1) is 16.8. The third-order valence-electron chi connectivity index (χ3n) is 4.78. The maximum Gasteiger partial charge on any atom is 0.337 e. The van der Waals surface area contributed by atoms with Crippen molar-refractivity contribution in [3.05, 3.63) is 64.2 Å². The highest BCUT2D eigenvalue weighted by atomic mass is 35.5. The number of rotatable bonds is 3. The lowest BCUT2D eigenvalue weighted by Gasteiger charge is -2.40. The molecule has 2 aromatic rings. The van der Waals surface area contributed by atoms with Gasteiger partial charge in [-0.3, -0.25) is 0 Å². The van der Waals surface area contributed by atoms with Gasteiger partial charge in [-0.05, 0) is 53.3 Å². The Labute approximate surface area is 148 Å². The van der Waals surface area contributed by atoms with E-state index in [9.17, 15) is 4.79 Å². The van der Waals surface area contributed by atoms with E-state index in [1.165, 1.54) is 23.9 Å². The molecule has 1 heterocycles. The highest BCUT2D eigenvalue weighted by molar-refractivity contribution is 6.30. The number of hydrogen-bond donors (Lipinski definition) is 0. The van der Waals surface area contributed by atoms with Crippen molar-refractivity contribution in [1.82, 2.24) is 0 Å². The summed E-state index contributed by atoms with van der Waals surface area (Å²) in [7, 11) is 1.40. The fourth-order valence-electron chi connectivity index (χ4n) is 3.24. The number of nitrogens with zero attached hydrogens (tertiary/aromatic N) is 1. The van der Waals surface area contributed by atoms with Gasteiger partial charge in [0.05, 0.1) is 12.7 Å². The summed E-state index contributed by atoms with van der Waals surface area (Å²) in [5.41, 5.74) is 4.42. The number of hydrogen-bond acceptors (Lipinski definition) is 3. The minimum atomic E-state index is -0.304. The Bertz CT molecular complexity index is 753. The van der Waals surface area contributed by atoms with Crippen LogP contribution < -0.4 is 4.90 Å². The molecule has 0 atom stereocenters. The van der Waals surface area contributed by atoms with Gasteiger partial charge in [0.2, 0.25) is 0 Å². The first-order valence-electron chi connectivity index (χ1n) is 8.13. The van der Waals surface area contributed by atoms with Crippen molar-refractivity contribution in [2.45, 2.75) is 32.2 Å². The first-order valence-corrected chi connectivity index (χ1v) is 8.51. The van der Waals surface area contributed by atoms with Crippen LogP contribution in [0.25, 0.3) is 0 Å². The van der Waals surface area contributed by atoms with E-state index in [2.05, 4.69) is 30.9 Å². The number of anilines is 1. The van der Waals surface area contributed by atoms with Crippen LogP contribution in [-0.4, -0.2) is 19.6 Å². The monoisotopic (exact) mass is 343 g/mol. The highest BCUT2D eigenvalue weighted by Gasteiger charge is 2.31. The van der Waals surface area contributed by atoms with Crippen molar-refractivity contribution in [3.63, 3.8) is 0 Å². The second kappa shape index (κ2) is 6.48. The van der Waals surface area contributed by atoms with Crippen molar-refractivity contribution in [3.8, 4) is 0 Å². The average molecular weight is 344 g/mol. The molecule has 0 saturated carbocycles. The van der Waals surface area contributed by atoms with Gasteiger partial charge < -0.3 is 9.64 Å². The largest absolute Gasteiger partial charge is 0.465 e. The Balaban J connectivity index is 1.85. The lowest BCUT2D eigenvalue weighted by atomic mass is 9.77. The van der Waals surface area contributed by atoms with Gasteiger partial charge >= 0.3 is 5.97 Å². The molecule has 0 aliphatic carbocycles. The summed E-state index contributed by atoms with van der Waals surface area (Å²) in [6, 6.07) is 13.8. The Morgan fingerprint density at radius 3 is 2.58 bits per heavy atom. The molecule has 126 valence electrons. The van der Waals surface area contributed by atoms with Gasteiger partial charge in [0.15, 0.2) is 0 Å².